The van der Waals surface area contributed by atoms with E-state index in [0.29, 0.717) is 68.1 Å². The minimum Gasteiger partial charge on any atom is -0.493 e. The first-order chi connectivity index (χ1) is 16.0. The van der Waals surface area contributed by atoms with Crippen molar-refractivity contribution in [3.63, 3.8) is 0 Å². The molecule has 0 unspecified atom stereocenters. The molecule has 0 N–H and O–H groups in total. The highest BCUT2D eigenvalue weighted by Gasteiger charge is 2.35. The molecule has 0 fully saturated rings. The highest BCUT2D eigenvalue weighted by molar-refractivity contribution is 6.27. The third-order valence-corrected chi connectivity index (χ3v) is 6.16. The van der Waals surface area contributed by atoms with Crippen molar-refractivity contribution < 1.29 is 28.5 Å². The number of benzene rings is 2. The lowest BCUT2D eigenvalue weighted by atomic mass is 10.0. The maximum Gasteiger partial charge on any atom is 0.259 e. The van der Waals surface area contributed by atoms with E-state index in [1.807, 2.05) is 0 Å². The fourth-order valence-electron chi connectivity index (χ4n) is 4.47. The molecule has 8 nitrogen and oxygen atoms in total. The molecule has 0 spiro atoms. The molecule has 33 heavy (non-hydrogen) atoms. The molecule has 0 atom stereocenters. The van der Waals surface area contributed by atoms with Gasteiger partial charge in [0.25, 0.3) is 5.56 Å². The fraction of sp³-hybridized carbons (Fsp3) is 0.240. The number of allylic oxidation sites excluding steroid dienone is 2. The first kappa shape index (κ1) is 20.8. The number of hydrogen-bond donors (Lipinski definition) is 0. The second-order valence-electron chi connectivity index (χ2n) is 7.74. The molecule has 1 aliphatic carbocycles. The Hall–Kier alpha value is -4.07. The lowest BCUT2D eigenvalue weighted by molar-refractivity contribution is -0.105. The van der Waals surface area contributed by atoms with Gasteiger partial charge in [-0.15, -0.1) is 0 Å². The van der Waals surface area contributed by atoms with Crippen molar-refractivity contribution in [3.8, 4) is 34.3 Å². The zero-order valence-corrected chi connectivity index (χ0v) is 18.4. The number of aldehydes is 1. The van der Waals surface area contributed by atoms with Crippen LogP contribution in [0, 0.1) is 0 Å². The van der Waals surface area contributed by atoms with E-state index in [1.165, 1.54) is 14.2 Å². The van der Waals surface area contributed by atoms with Gasteiger partial charge in [0.05, 0.1) is 30.9 Å². The van der Waals surface area contributed by atoms with Crippen LogP contribution in [0.2, 0.25) is 0 Å². The van der Waals surface area contributed by atoms with Crippen LogP contribution in [0.15, 0.2) is 40.7 Å². The molecule has 0 saturated heterocycles. The van der Waals surface area contributed by atoms with Crippen LogP contribution in [0.5, 0.6) is 23.0 Å². The molecule has 5 rings (SSSR count). The predicted molar refractivity (Wildman–Crippen MR) is 121 cm³/mol. The number of hydrogen-bond acceptors (Lipinski definition) is 7. The second kappa shape index (κ2) is 7.81. The summed E-state index contributed by atoms with van der Waals surface area (Å²) in [5.74, 6) is 1.59. The third-order valence-electron chi connectivity index (χ3n) is 6.16. The Balaban J connectivity index is 1.85. The Bertz CT molecular complexity index is 1430. The van der Waals surface area contributed by atoms with Gasteiger partial charge in [-0.05, 0) is 43.2 Å². The van der Waals surface area contributed by atoms with Crippen LogP contribution in [-0.2, 0) is 11.3 Å². The number of pyridine rings is 1. The van der Waals surface area contributed by atoms with Crippen molar-refractivity contribution in [2.45, 2.75) is 19.9 Å². The molecule has 8 heteroatoms. The second-order valence-corrected chi connectivity index (χ2v) is 7.74. The van der Waals surface area contributed by atoms with Gasteiger partial charge in [0.1, 0.15) is 6.29 Å². The van der Waals surface area contributed by atoms with Gasteiger partial charge in [-0.2, -0.15) is 0 Å². The highest BCUT2D eigenvalue weighted by Crippen LogP contribution is 2.46. The number of fused-ring (bicyclic) bond motifs is 6. The van der Waals surface area contributed by atoms with Gasteiger partial charge < -0.3 is 23.5 Å². The predicted octanol–water partition coefficient (Wildman–Crippen LogP) is 3.49. The molecule has 0 bridgehead atoms. The first-order valence-corrected chi connectivity index (χ1v) is 10.4. The maximum absolute atomic E-state index is 13.7. The lowest BCUT2D eigenvalue weighted by Crippen LogP contribution is -2.24. The van der Waals surface area contributed by atoms with E-state index < -0.39 is 0 Å². The zero-order chi connectivity index (χ0) is 23.3. The Morgan fingerprint density at radius 3 is 2.24 bits per heavy atom. The van der Waals surface area contributed by atoms with Crippen molar-refractivity contribution >= 4 is 22.8 Å². The van der Waals surface area contributed by atoms with E-state index in [0.717, 1.165) is 6.29 Å². The summed E-state index contributed by atoms with van der Waals surface area (Å²) in [6.45, 7) is 2.07. The lowest BCUT2D eigenvalue weighted by Gasteiger charge is -2.17. The smallest absolute Gasteiger partial charge is 0.259 e. The Labute approximate surface area is 188 Å². The van der Waals surface area contributed by atoms with E-state index in [2.05, 4.69) is 0 Å². The topological polar surface area (TPSA) is 93.1 Å². The molecule has 0 amide bonds. The number of carbonyl (C=O) groups excluding carboxylic acids is 2. The van der Waals surface area contributed by atoms with Gasteiger partial charge in [0, 0.05) is 23.1 Å². The van der Waals surface area contributed by atoms with Crippen molar-refractivity contribution in [1.82, 2.24) is 4.57 Å². The van der Waals surface area contributed by atoms with Crippen molar-refractivity contribution in [3.05, 3.63) is 57.4 Å². The quantitative estimate of drug-likeness (QED) is 0.330. The van der Waals surface area contributed by atoms with Crippen molar-refractivity contribution in [2.24, 2.45) is 0 Å². The monoisotopic (exact) mass is 447 g/mol. The number of ether oxygens (including phenoxy) is 4. The molecular formula is C25H21NO7. The normalized spacial score (nSPS) is 13.8. The SMILES string of the molecule is C/C=C(/C=O)CCn1c2c(c3cc(OC)c(OC)cc3c1=O)C(=O)c1cc3c(cc1-2)OCO3. The van der Waals surface area contributed by atoms with Crippen LogP contribution in [-0.4, -0.2) is 37.6 Å². The largest absolute Gasteiger partial charge is 0.493 e. The summed E-state index contributed by atoms with van der Waals surface area (Å²) in [6, 6.07) is 6.64. The molecule has 1 aromatic heterocycles. The van der Waals surface area contributed by atoms with Gasteiger partial charge in [0.2, 0.25) is 6.79 Å². The molecule has 168 valence electrons. The molecule has 0 saturated carbocycles. The van der Waals surface area contributed by atoms with E-state index in [-0.39, 0.29) is 24.7 Å². The fourth-order valence-corrected chi connectivity index (χ4v) is 4.47. The van der Waals surface area contributed by atoms with Crippen LogP contribution < -0.4 is 24.5 Å². The zero-order valence-electron chi connectivity index (χ0n) is 18.4. The van der Waals surface area contributed by atoms with Crippen molar-refractivity contribution in [2.75, 3.05) is 21.0 Å². The molecule has 1 aliphatic heterocycles. The number of ketones is 1. The molecule has 3 aromatic rings. The van der Waals surface area contributed by atoms with Crippen molar-refractivity contribution in [1.29, 1.82) is 0 Å². The first-order valence-electron chi connectivity index (χ1n) is 10.4. The van der Waals surface area contributed by atoms with Crippen LogP contribution in [0.3, 0.4) is 0 Å². The van der Waals surface area contributed by atoms with Crippen LogP contribution in [0.1, 0.15) is 29.3 Å². The summed E-state index contributed by atoms with van der Waals surface area (Å²) in [6.07, 6.45) is 2.83. The van der Waals surface area contributed by atoms with E-state index in [1.54, 1.807) is 41.8 Å². The standard InChI is InChI=1S/C25H21NO7/c1-4-13(11-27)5-6-26-23-15-8-20-21(33-12-32-20)9-16(15)24(28)22(23)14-7-18(30-2)19(31-3)10-17(14)25(26)29/h4,7-11H,5-6,12H2,1-3H3/b13-4+. The summed E-state index contributed by atoms with van der Waals surface area (Å²) in [7, 11) is 2.99. The third kappa shape index (κ3) is 3.01. The van der Waals surface area contributed by atoms with Crippen LogP contribution >= 0.6 is 0 Å². The number of carbonyl (C=O) groups is 2. The minimum atomic E-state index is -0.288. The molecule has 2 heterocycles. The van der Waals surface area contributed by atoms with E-state index in [4.69, 9.17) is 18.9 Å². The van der Waals surface area contributed by atoms with E-state index >= 15 is 0 Å². The summed E-state index contributed by atoms with van der Waals surface area (Å²) in [5.41, 5.74) is 2.21. The average Bonchev–Trinajstić information content (AvgIpc) is 3.41. The number of methoxy groups -OCH3 is 2. The van der Waals surface area contributed by atoms with Gasteiger partial charge in [-0.25, -0.2) is 0 Å². The van der Waals surface area contributed by atoms with Gasteiger partial charge in [-0.1, -0.05) is 6.08 Å². The van der Waals surface area contributed by atoms with Gasteiger partial charge >= 0.3 is 0 Å². The number of rotatable bonds is 6. The van der Waals surface area contributed by atoms with Gasteiger partial charge in [-0.3, -0.25) is 14.4 Å². The molecule has 2 aromatic carbocycles. The minimum absolute atomic E-state index is 0.0742. The number of nitrogens with zero attached hydrogens (tertiary/aromatic N) is 1. The van der Waals surface area contributed by atoms with Crippen LogP contribution in [0.25, 0.3) is 22.0 Å². The molecule has 0 radical (unpaired) electrons. The van der Waals surface area contributed by atoms with E-state index in [9.17, 15) is 14.4 Å². The summed E-state index contributed by atoms with van der Waals surface area (Å²) in [4.78, 5) is 38.7. The Morgan fingerprint density at radius 2 is 1.64 bits per heavy atom. The average molecular weight is 447 g/mol. The summed E-state index contributed by atoms with van der Waals surface area (Å²) in [5, 5.41) is 0.814. The summed E-state index contributed by atoms with van der Waals surface area (Å²) >= 11 is 0. The Kier molecular flexibility index (Phi) is 4.92. The molecule has 2 aliphatic rings. The maximum atomic E-state index is 13.7. The van der Waals surface area contributed by atoms with Gasteiger partial charge in [0.15, 0.2) is 28.8 Å². The molecular weight excluding hydrogens is 426 g/mol. The number of aromatic nitrogens is 1. The van der Waals surface area contributed by atoms with Crippen LogP contribution in [0.4, 0.5) is 0 Å². The Morgan fingerprint density at radius 1 is 1.00 bits per heavy atom. The highest BCUT2D eigenvalue weighted by atomic mass is 16.7. The summed E-state index contributed by atoms with van der Waals surface area (Å²) < 4.78 is 23.4.